The van der Waals surface area contributed by atoms with Crippen molar-refractivity contribution in [1.29, 1.82) is 0 Å². The maximum atomic E-state index is 10.9. The molecular weight excluding hydrogens is 384 g/mol. The van der Waals surface area contributed by atoms with E-state index in [4.69, 9.17) is 24.9 Å². The summed E-state index contributed by atoms with van der Waals surface area (Å²) in [6.45, 7) is 3.68. The van der Waals surface area contributed by atoms with E-state index < -0.39 is 5.91 Å². The SMILES string of the molecule is CCNC(=NCc1cccc(OCC(N)=O)c1)N(C)Cc1ccc(OC)cc1OC. The molecule has 0 radical (unpaired) electrons. The average molecular weight is 415 g/mol. The van der Waals surface area contributed by atoms with E-state index in [2.05, 4.69) is 5.32 Å². The predicted octanol–water partition coefficient (Wildman–Crippen LogP) is 2.17. The fraction of sp³-hybridized carbons (Fsp3) is 0.364. The number of primary amides is 1. The molecule has 0 fully saturated rings. The van der Waals surface area contributed by atoms with E-state index in [1.54, 1.807) is 20.3 Å². The highest BCUT2D eigenvalue weighted by Crippen LogP contribution is 2.25. The van der Waals surface area contributed by atoms with Crippen LogP contribution in [0, 0.1) is 0 Å². The molecule has 8 nitrogen and oxygen atoms in total. The summed E-state index contributed by atoms with van der Waals surface area (Å²) in [4.78, 5) is 17.6. The van der Waals surface area contributed by atoms with Crippen LogP contribution in [-0.4, -0.2) is 51.2 Å². The Kier molecular flexibility index (Phi) is 8.80. The van der Waals surface area contributed by atoms with Crippen LogP contribution in [0.3, 0.4) is 0 Å². The van der Waals surface area contributed by atoms with Gasteiger partial charge in [0.05, 0.1) is 20.8 Å². The molecule has 0 atom stereocenters. The molecule has 0 saturated heterocycles. The molecule has 0 aliphatic heterocycles. The number of methoxy groups -OCH3 is 2. The normalized spacial score (nSPS) is 11.0. The summed E-state index contributed by atoms with van der Waals surface area (Å²) in [6, 6.07) is 13.2. The maximum Gasteiger partial charge on any atom is 0.255 e. The van der Waals surface area contributed by atoms with Crippen molar-refractivity contribution in [3.05, 3.63) is 53.6 Å². The van der Waals surface area contributed by atoms with Crippen molar-refractivity contribution >= 4 is 11.9 Å². The number of carbonyl (C=O) groups excluding carboxylic acids is 1. The quantitative estimate of drug-likeness (QED) is 0.457. The number of guanidine groups is 1. The molecule has 3 N–H and O–H groups in total. The van der Waals surface area contributed by atoms with Crippen LogP contribution in [0.1, 0.15) is 18.1 Å². The molecule has 0 spiro atoms. The minimum absolute atomic E-state index is 0.151. The third-order valence-electron chi connectivity index (χ3n) is 4.29. The van der Waals surface area contributed by atoms with E-state index in [9.17, 15) is 4.79 Å². The van der Waals surface area contributed by atoms with Gasteiger partial charge in [0.25, 0.3) is 5.91 Å². The molecule has 30 heavy (non-hydrogen) atoms. The summed E-state index contributed by atoms with van der Waals surface area (Å²) in [5, 5.41) is 3.31. The highest BCUT2D eigenvalue weighted by molar-refractivity contribution is 5.79. The van der Waals surface area contributed by atoms with Gasteiger partial charge in [0.2, 0.25) is 0 Å². The van der Waals surface area contributed by atoms with Crippen molar-refractivity contribution in [3.8, 4) is 17.2 Å². The minimum atomic E-state index is -0.511. The van der Waals surface area contributed by atoms with Crippen LogP contribution in [-0.2, 0) is 17.9 Å². The van der Waals surface area contributed by atoms with E-state index >= 15 is 0 Å². The van der Waals surface area contributed by atoms with Crippen LogP contribution in [0.5, 0.6) is 17.2 Å². The number of nitrogens with one attached hydrogen (secondary N) is 1. The second kappa shape index (κ2) is 11.5. The number of aliphatic imine (C=N–C) groups is 1. The number of hydrogen-bond acceptors (Lipinski definition) is 5. The Hall–Kier alpha value is -3.42. The Morgan fingerprint density at radius 2 is 1.93 bits per heavy atom. The molecule has 8 heteroatoms. The first-order valence-electron chi connectivity index (χ1n) is 9.67. The molecule has 0 unspecified atom stereocenters. The number of hydrogen-bond donors (Lipinski definition) is 2. The van der Waals surface area contributed by atoms with Gasteiger partial charge in [-0.15, -0.1) is 0 Å². The Balaban J connectivity index is 2.12. The van der Waals surface area contributed by atoms with Gasteiger partial charge in [-0.25, -0.2) is 4.99 Å². The Morgan fingerprint density at radius 1 is 1.13 bits per heavy atom. The Bertz CT molecular complexity index is 870. The molecule has 0 aromatic heterocycles. The number of benzene rings is 2. The topological polar surface area (TPSA) is 98.4 Å². The van der Waals surface area contributed by atoms with Gasteiger partial charge in [-0.05, 0) is 36.8 Å². The lowest BCUT2D eigenvalue weighted by molar-refractivity contribution is -0.119. The smallest absolute Gasteiger partial charge is 0.255 e. The van der Waals surface area contributed by atoms with Gasteiger partial charge in [0.1, 0.15) is 17.2 Å². The van der Waals surface area contributed by atoms with Crippen molar-refractivity contribution in [2.75, 3.05) is 34.4 Å². The molecule has 0 aliphatic carbocycles. The molecule has 0 heterocycles. The van der Waals surface area contributed by atoms with Crippen LogP contribution >= 0.6 is 0 Å². The van der Waals surface area contributed by atoms with Gasteiger partial charge in [-0.2, -0.15) is 0 Å². The van der Waals surface area contributed by atoms with E-state index in [0.29, 0.717) is 18.8 Å². The van der Waals surface area contributed by atoms with Gasteiger partial charge in [0, 0.05) is 31.8 Å². The highest BCUT2D eigenvalue weighted by Gasteiger charge is 2.11. The lowest BCUT2D eigenvalue weighted by Crippen LogP contribution is -2.38. The van der Waals surface area contributed by atoms with Gasteiger partial charge >= 0.3 is 0 Å². The molecule has 2 rings (SSSR count). The number of amides is 1. The fourth-order valence-electron chi connectivity index (χ4n) is 2.84. The number of nitrogens with two attached hydrogens (primary N) is 1. The molecule has 0 bridgehead atoms. The fourth-order valence-corrected chi connectivity index (χ4v) is 2.84. The number of nitrogens with zero attached hydrogens (tertiary/aromatic N) is 2. The second-order valence-corrected chi connectivity index (χ2v) is 6.61. The van der Waals surface area contributed by atoms with Crippen molar-refractivity contribution in [2.24, 2.45) is 10.7 Å². The summed E-state index contributed by atoms with van der Waals surface area (Å²) in [6.07, 6.45) is 0. The lowest BCUT2D eigenvalue weighted by atomic mass is 10.2. The van der Waals surface area contributed by atoms with E-state index in [1.165, 1.54) is 0 Å². The van der Waals surface area contributed by atoms with Gasteiger partial charge < -0.3 is 30.2 Å². The largest absolute Gasteiger partial charge is 0.497 e. The molecule has 1 amide bonds. The second-order valence-electron chi connectivity index (χ2n) is 6.61. The number of carbonyl (C=O) groups is 1. The molecule has 0 saturated carbocycles. The zero-order chi connectivity index (χ0) is 21.9. The zero-order valence-corrected chi connectivity index (χ0v) is 18.0. The average Bonchev–Trinajstić information content (AvgIpc) is 2.75. The summed E-state index contributed by atoms with van der Waals surface area (Å²) in [5.74, 6) is 2.35. The van der Waals surface area contributed by atoms with Crippen LogP contribution in [0.4, 0.5) is 0 Å². The third-order valence-corrected chi connectivity index (χ3v) is 4.29. The van der Waals surface area contributed by atoms with Gasteiger partial charge in [-0.3, -0.25) is 4.79 Å². The standard InChI is InChI=1S/C22H30N4O4/c1-5-24-22(25-13-16-7-6-8-19(11-16)30-15-21(23)27)26(2)14-17-9-10-18(28-3)12-20(17)29-4/h6-12H,5,13-15H2,1-4H3,(H2,23,27)(H,24,25). The van der Waals surface area contributed by atoms with Crippen molar-refractivity contribution in [2.45, 2.75) is 20.0 Å². The lowest BCUT2D eigenvalue weighted by Gasteiger charge is -2.23. The van der Waals surface area contributed by atoms with E-state index in [1.807, 2.05) is 55.3 Å². The summed E-state index contributed by atoms with van der Waals surface area (Å²) >= 11 is 0. The first-order valence-corrected chi connectivity index (χ1v) is 9.67. The van der Waals surface area contributed by atoms with Gasteiger partial charge in [-0.1, -0.05) is 12.1 Å². The molecule has 2 aromatic carbocycles. The number of ether oxygens (including phenoxy) is 3. The maximum absolute atomic E-state index is 10.9. The van der Waals surface area contributed by atoms with Crippen LogP contribution < -0.4 is 25.3 Å². The van der Waals surface area contributed by atoms with Gasteiger partial charge in [0.15, 0.2) is 12.6 Å². The summed E-state index contributed by atoms with van der Waals surface area (Å²) in [7, 11) is 5.24. The number of rotatable bonds is 10. The summed E-state index contributed by atoms with van der Waals surface area (Å²) in [5.41, 5.74) is 7.11. The first kappa shape index (κ1) is 22.9. The Labute approximate surface area is 177 Å². The molecule has 162 valence electrons. The predicted molar refractivity (Wildman–Crippen MR) is 117 cm³/mol. The van der Waals surface area contributed by atoms with Crippen molar-refractivity contribution in [1.82, 2.24) is 10.2 Å². The monoisotopic (exact) mass is 414 g/mol. The van der Waals surface area contributed by atoms with Crippen LogP contribution in [0.2, 0.25) is 0 Å². The zero-order valence-electron chi connectivity index (χ0n) is 18.0. The van der Waals surface area contributed by atoms with E-state index in [0.717, 1.165) is 35.1 Å². The first-order chi connectivity index (χ1) is 14.5. The Morgan fingerprint density at radius 3 is 2.60 bits per heavy atom. The molecule has 0 aliphatic rings. The highest BCUT2D eigenvalue weighted by atomic mass is 16.5. The van der Waals surface area contributed by atoms with Crippen LogP contribution in [0.25, 0.3) is 0 Å². The summed E-state index contributed by atoms with van der Waals surface area (Å²) < 4.78 is 16.1. The van der Waals surface area contributed by atoms with Crippen molar-refractivity contribution in [3.63, 3.8) is 0 Å². The van der Waals surface area contributed by atoms with Crippen molar-refractivity contribution < 1.29 is 19.0 Å². The molecular formula is C22H30N4O4. The van der Waals surface area contributed by atoms with E-state index in [-0.39, 0.29) is 6.61 Å². The molecule has 2 aromatic rings. The van der Waals surface area contributed by atoms with Crippen LogP contribution in [0.15, 0.2) is 47.5 Å². The third kappa shape index (κ3) is 6.88. The minimum Gasteiger partial charge on any atom is -0.497 e.